The molecule has 84 valence electrons. The van der Waals surface area contributed by atoms with Crippen LogP contribution in [0.2, 0.25) is 5.02 Å². The van der Waals surface area contributed by atoms with Crippen LogP contribution in [-0.4, -0.2) is 28.0 Å². The zero-order valence-corrected chi connectivity index (χ0v) is 10.2. The van der Waals surface area contributed by atoms with E-state index in [1.807, 2.05) is 0 Å². The van der Waals surface area contributed by atoms with Crippen molar-refractivity contribution in [3.05, 3.63) is 33.3 Å². The summed E-state index contributed by atoms with van der Waals surface area (Å²) in [6, 6.07) is 5.01. The van der Waals surface area contributed by atoms with E-state index < -0.39 is 12.2 Å². The van der Waals surface area contributed by atoms with E-state index >= 15 is 0 Å². The molecule has 1 aromatic rings. The highest BCUT2D eigenvalue weighted by Crippen LogP contribution is 2.28. The number of rotatable bonds is 4. The van der Waals surface area contributed by atoms with Gasteiger partial charge in [-0.05, 0) is 18.6 Å². The highest BCUT2D eigenvalue weighted by molar-refractivity contribution is 9.10. The Balaban J connectivity index is 2.86. The van der Waals surface area contributed by atoms with Crippen molar-refractivity contribution in [3.63, 3.8) is 0 Å². The summed E-state index contributed by atoms with van der Waals surface area (Å²) in [5.41, 5.74) is 0.459. The molecular weight excluding hydrogens is 283 g/mol. The maximum atomic E-state index is 9.73. The van der Waals surface area contributed by atoms with E-state index in [1.54, 1.807) is 18.2 Å². The minimum Gasteiger partial charge on any atom is -0.396 e. The zero-order chi connectivity index (χ0) is 11.4. The summed E-state index contributed by atoms with van der Waals surface area (Å²) in [5, 5.41) is 28.2. The van der Waals surface area contributed by atoms with Crippen LogP contribution in [0.4, 0.5) is 0 Å². The lowest BCUT2D eigenvalue weighted by Gasteiger charge is -2.18. The minimum absolute atomic E-state index is 0.119. The summed E-state index contributed by atoms with van der Waals surface area (Å²) in [5.74, 6) is 0. The fraction of sp³-hybridized carbons (Fsp3) is 0.400. The summed E-state index contributed by atoms with van der Waals surface area (Å²) in [7, 11) is 0. The summed E-state index contributed by atoms with van der Waals surface area (Å²) < 4.78 is 0.806. The van der Waals surface area contributed by atoms with Crippen molar-refractivity contribution in [1.29, 1.82) is 0 Å². The topological polar surface area (TPSA) is 60.7 Å². The van der Waals surface area contributed by atoms with Gasteiger partial charge in [0.2, 0.25) is 0 Å². The Morgan fingerprint density at radius 3 is 2.53 bits per heavy atom. The monoisotopic (exact) mass is 294 g/mol. The Kier molecular flexibility index (Phi) is 5.02. The number of halogens is 2. The SMILES string of the molecule is OCCC(O)C(O)c1ccc(Br)cc1Cl. The lowest BCUT2D eigenvalue weighted by Crippen LogP contribution is -2.19. The Bertz CT molecular complexity index is 332. The highest BCUT2D eigenvalue weighted by atomic mass is 79.9. The summed E-state index contributed by atoms with van der Waals surface area (Å²) >= 11 is 9.15. The molecule has 3 N–H and O–H groups in total. The lowest BCUT2D eigenvalue weighted by atomic mass is 10.0. The third-order valence-electron chi connectivity index (χ3n) is 2.07. The van der Waals surface area contributed by atoms with Gasteiger partial charge in [-0.15, -0.1) is 0 Å². The van der Waals surface area contributed by atoms with E-state index in [0.717, 1.165) is 4.47 Å². The van der Waals surface area contributed by atoms with Gasteiger partial charge in [0.05, 0.1) is 6.10 Å². The van der Waals surface area contributed by atoms with E-state index in [4.69, 9.17) is 16.7 Å². The molecule has 3 nitrogen and oxygen atoms in total. The second kappa shape index (κ2) is 5.82. The average Bonchev–Trinajstić information content (AvgIpc) is 2.17. The van der Waals surface area contributed by atoms with E-state index in [0.29, 0.717) is 10.6 Å². The van der Waals surface area contributed by atoms with Crippen molar-refractivity contribution < 1.29 is 15.3 Å². The second-order valence-corrected chi connectivity index (χ2v) is 4.51. The number of hydrogen-bond donors (Lipinski definition) is 3. The quantitative estimate of drug-likeness (QED) is 0.795. The molecule has 1 aromatic carbocycles. The van der Waals surface area contributed by atoms with Gasteiger partial charge >= 0.3 is 0 Å². The van der Waals surface area contributed by atoms with E-state index in [1.165, 1.54) is 0 Å². The van der Waals surface area contributed by atoms with Gasteiger partial charge < -0.3 is 15.3 Å². The smallest absolute Gasteiger partial charge is 0.106 e. The largest absolute Gasteiger partial charge is 0.396 e. The number of hydrogen-bond acceptors (Lipinski definition) is 3. The molecule has 0 saturated carbocycles. The lowest BCUT2D eigenvalue weighted by molar-refractivity contribution is 0.00426. The Hall–Kier alpha value is -0.130. The van der Waals surface area contributed by atoms with Crippen LogP contribution < -0.4 is 0 Å². The molecule has 0 aliphatic carbocycles. The minimum atomic E-state index is -1.07. The average molecular weight is 296 g/mol. The van der Waals surface area contributed by atoms with Crippen LogP contribution in [0.1, 0.15) is 18.1 Å². The van der Waals surface area contributed by atoms with Crippen molar-refractivity contribution in [2.24, 2.45) is 0 Å². The van der Waals surface area contributed by atoms with Crippen LogP contribution in [0.3, 0.4) is 0 Å². The molecule has 0 fully saturated rings. The predicted molar refractivity (Wildman–Crippen MR) is 61.8 cm³/mol. The van der Waals surface area contributed by atoms with Crippen molar-refractivity contribution in [3.8, 4) is 0 Å². The van der Waals surface area contributed by atoms with Gasteiger partial charge in [0.15, 0.2) is 0 Å². The Labute approximate surface area is 101 Å². The molecule has 0 bridgehead atoms. The molecule has 5 heteroatoms. The van der Waals surface area contributed by atoms with Gasteiger partial charge in [0, 0.05) is 21.7 Å². The van der Waals surface area contributed by atoms with Gasteiger partial charge in [-0.1, -0.05) is 33.6 Å². The molecule has 1 rings (SSSR count). The molecule has 0 aliphatic rings. The standard InChI is InChI=1S/C10H12BrClO3/c11-6-1-2-7(8(12)5-6)10(15)9(14)3-4-13/h1-2,5,9-10,13-15H,3-4H2. The van der Waals surface area contributed by atoms with E-state index in [2.05, 4.69) is 15.9 Å². The van der Waals surface area contributed by atoms with Crippen LogP contribution >= 0.6 is 27.5 Å². The molecular formula is C10H12BrClO3. The number of aliphatic hydroxyl groups excluding tert-OH is 3. The molecule has 0 aliphatic heterocycles. The maximum Gasteiger partial charge on any atom is 0.106 e. The first kappa shape index (κ1) is 12.9. The van der Waals surface area contributed by atoms with Crippen LogP contribution in [0.15, 0.2) is 22.7 Å². The maximum absolute atomic E-state index is 9.73. The molecule has 2 atom stereocenters. The zero-order valence-electron chi connectivity index (χ0n) is 7.90. The van der Waals surface area contributed by atoms with Gasteiger partial charge in [-0.25, -0.2) is 0 Å². The first-order valence-corrected chi connectivity index (χ1v) is 5.65. The Morgan fingerprint density at radius 1 is 1.33 bits per heavy atom. The van der Waals surface area contributed by atoms with Gasteiger partial charge in [0.1, 0.15) is 6.10 Å². The molecule has 0 heterocycles. The third kappa shape index (κ3) is 3.43. The van der Waals surface area contributed by atoms with Crippen molar-refractivity contribution in [1.82, 2.24) is 0 Å². The summed E-state index contributed by atoms with van der Waals surface area (Å²) in [6.07, 6.45) is -1.96. The molecule has 0 aromatic heterocycles. The van der Waals surface area contributed by atoms with E-state index in [9.17, 15) is 10.2 Å². The third-order valence-corrected chi connectivity index (χ3v) is 2.89. The van der Waals surface area contributed by atoms with Crippen LogP contribution in [0, 0.1) is 0 Å². The number of aliphatic hydroxyl groups is 3. The van der Waals surface area contributed by atoms with E-state index in [-0.39, 0.29) is 13.0 Å². The number of benzene rings is 1. The van der Waals surface area contributed by atoms with Crippen LogP contribution in [-0.2, 0) is 0 Å². The molecule has 15 heavy (non-hydrogen) atoms. The van der Waals surface area contributed by atoms with Crippen LogP contribution in [0.25, 0.3) is 0 Å². The summed E-state index contributed by atoms with van der Waals surface area (Å²) in [6.45, 7) is -0.174. The molecule has 0 saturated heterocycles. The first-order valence-electron chi connectivity index (χ1n) is 4.48. The molecule has 0 amide bonds. The molecule has 2 unspecified atom stereocenters. The van der Waals surface area contributed by atoms with Gasteiger partial charge in [0.25, 0.3) is 0 Å². The molecule has 0 spiro atoms. The normalized spacial score (nSPS) is 15.0. The van der Waals surface area contributed by atoms with Gasteiger partial charge in [-0.3, -0.25) is 0 Å². The summed E-state index contributed by atoms with van der Waals surface area (Å²) in [4.78, 5) is 0. The highest BCUT2D eigenvalue weighted by Gasteiger charge is 2.20. The first-order chi connectivity index (χ1) is 7.06. The fourth-order valence-corrected chi connectivity index (χ4v) is 2.02. The Morgan fingerprint density at radius 2 is 2.00 bits per heavy atom. The van der Waals surface area contributed by atoms with Crippen molar-refractivity contribution >= 4 is 27.5 Å². The fourth-order valence-electron chi connectivity index (χ4n) is 1.24. The second-order valence-electron chi connectivity index (χ2n) is 3.19. The van der Waals surface area contributed by atoms with Crippen molar-refractivity contribution in [2.75, 3.05) is 6.61 Å². The van der Waals surface area contributed by atoms with Gasteiger partial charge in [-0.2, -0.15) is 0 Å². The molecule has 0 radical (unpaired) electrons. The van der Waals surface area contributed by atoms with Crippen LogP contribution in [0.5, 0.6) is 0 Å². The predicted octanol–water partition coefficient (Wildman–Crippen LogP) is 1.88. The van der Waals surface area contributed by atoms with Crippen molar-refractivity contribution in [2.45, 2.75) is 18.6 Å².